The van der Waals surface area contributed by atoms with Crippen molar-refractivity contribution < 1.29 is 29.0 Å². The second-order valence-corrected chi connectivity index (χ2v) is 6.56. The van der Waals surface area contributed by atoms with E-state index < -0.39 is 17.8 Å². The zero-order chi connectivity index (χ0) is 21.0. The van der Waals surface area contributed by atoms with Crippen molar-refractivity contribution in [2.45, 2.75) is 13.0 Å². The zero-order valence-corrected chi connectivity index (χ0v) is 15.8. The van der Waals surface area contributed by atoms with E-state index in [4.69, 9.17) is 9.84 Å². The largest absolute Gasteiger partial charge is 0.478 e. The molecule has 0 radical (unpaired) electrons. The number of amides is 3. The molecule has 0 spiro atoms. The Morgan fingerprint density at radius 2 is 1.79 bits per heavy atom. The third-order valence-electron chi connectivity index (χ3n) is 4.59. The van der Waals surface area contributed by atoms with Crippen LogP contribution in [0.1, 0.15) is 53.4 Å². The minimum Gasteiger partial charge on any atom is -0.478 e. The third-order valence-corrected chi connectivity index (χ3v) is 4.59. The summed E-state index contributed by atoms with van der Waals surface area (Å²) in [5, 5.41) is 11.7. The molecule has 3 rings (SSSR count). The first-order valence-corrected chi connectivity index (χ1v) is 9.02. The molecule has 8 heteroatoms. The molecule has 8 nitrogen and oxygen atoms in total. The molecule has 0 saturated carbocycles. The smallest absolute Gasteiger partial charge is 0.335 e. The lowest BCUT2D eigenvalue weighted by Gasteiger charge is -2.12. The Morgan fingerprint density at radius 1 is 1.03 bits per heavy atom. The van der Waals surface area contributed by atoms with Gasteiger partial charge in [0.1, 0.15) is 0 Å². The number of carboxylic acid groups (broad SMARTS) is 1. The molecule has 0 bridgehead atoms. The minimum atomic E-state index is -1.05. The summed E-state index contributed by atoms with van der Waals surface area (Å²) in [6.45, 7) is 0.818. The molecule has 1 heterocycles. The molecule has 29 heavy (non-hydrogen) atoms. The van der Waals surface area contributed by atoms with E-state index in [1.165, 1.54) is 30.3 Å². The van der Waals surface area contributed by atoms with Gasteiger partial charge in [-0.3, -0.25) is 19.3 Å². The molecule has 2 N–H and O–H groups in total. The van der Waals surface area contributed by atoms with E-state index in [1.54, 1.807) is 19.2 Å². The van der Waals surface area contributed by atoms with Crippen LogP contribution in [0.25, 0.3) is 0 Å². The van der Waals surface area contributed by atoms with Crippen molar-refractivity contribution in [3.63, 3.8) is 0 Å². The molecule has 0 aromatic heterocycles. The lowest BCUT2D eigenvalue weighted by Crippen LogP contribution is -2.31. The van der Waals surface area contributed by atoms with Crippen molar-refractivity contribution >= 4 is 23.7 Å². The summed E-state index contributed by atoms with van der Waals surface area (Å²) in [7, 11) is 1.55. The fourth-order valence-corrected chi connectivity index (χ4v) is 3.10. The number of imide groups is 1. The summed E-state index contributed by atoms with van der Waals surface area (Å²) in [5.41, 5.74) is 1.49. The van der Waals surface area contributed by atoms with E-state index in [2.05, 4.69) is 5.32 Å². The number of nitrogens with zero attached hydrogens (tertiary/aromatic N) is 1. The van der Waals surface area contributed by atoms with Gasteiger partial charge in [0.2, 0.25) is 0 Å². The minimum absolute atomic E-state index is 0.131. The van der Waals surface area contributed by atoms with Crippen molar-refractivity contribution in [1.29, 1.82) is 0 Å². The van der Waals surface area contributed by atoms with E-state index in [1.807, 2.05) is 0 Å². The monoisotopic (exact) mass is 396 g/mol. The molecule has 3 amide bonds. The van der Waals surface area contributed by atoms with Crippen LogP contribution in [0.5, 0.6) is 0 Å². The summed E-state index contributed by atoms with van der Waals surface area (Å²) in [4.78, 5) is 49.6. The quantitative estimate of drug-likeness (QED) is 0.521. The Balaban J connectivity index is 1.70. The first-order valence-electron chi connectivity index (χ1n) is 9.02. The molecular formula is C21H20N2O6. The van der Waals surface area contributed by atoms with Crippen LogP contribution < -0.4 is 5.32 Å². The maximum absolute atomic E-state index is 12.5. The van der Waals surface area contributed by atoms with Gasteiger partial charge in [-0.25, -0.2) is 4.79 Å². The number of benzene rings is 2. The van der Waals surface area contributed by atoms with Gasteiger partial charge < -0.3 is 15.2 Å². The van der Waals surface area contributed by atoms with Gasteiger partial charge >= 0.3 is 5.97 Å². The molecule has 0 aliphatic carbocycles. The number of carboxylic acids is 1. The number of carbonyl (C=O) groups excluding carboxylic acids is 3. The van der Waals surface area contributed by atoms with Gasteiger partial charge in [-0.2, -0.15) is 0 Å². The third kappa shape index (κ3) is 4.33. The highest BCUT2D eigenvalue weighted by molar-refractivity contribution is 6.22. The molecule has 2 aromatic carbocycles. The van der Waals surface area contributed by atoms with Crippen molar-refractivity contribution in [2.75, 3.05) is 20.3 Å². The van der Waals surface area contributed by atoms with Crippen molar-refractivity contribution in [1.82, 2.24) is 10.2 Å². The van der Waals surface area contributed by atoms with Gasteiger partial charge in [0.05, 0.1) is 16.7 Å². The molecule has 2 aromatic rings. The van der Waals surface area contributed by atoms with Gasteiger partial charge in [0.15, 0.2) is 0 Å². The highest BCUT2D eigenvalue weighted by atomic mass is 16.5. The first kappa shape index (κ1) is 20.2. The summed E-state index contributed by atoms with van der Waals surface area (Å²) >= 11 is 0. The Hall–Kier alpha value is -3.52. The fourth-order valence-electron chi connectivity index (χ4n) is 3.10. The van der Waals surface area contributed by atoms with Gasteiger partial charge in [-0.05, 0) is 42.3 Å². The Kier molecular flexibility index (Phi) is 6.04. The molecule has 150 valence electrons. The predicted octanol–water partition coefficient (Wildman–Crippen LogP) is 1.95. The lowest BCUT2D eigenvalue weighted by atomic mass is 10.1. The first-order chi connectivity index (χ1) is 13.9. The molecule has 0 atom stereocenters. The average Bonchev–Trinajstić information content (AvgIpc) is 2.96. The number of carbonyl (C=O) groups is 4. The second kappa shape index (κ2) is 8.66. The maximum atomic E-state index is 12.5. The number of methoxy groups -OCH3 is 1. The summed E-state index contributed by atoms with van der Waals surface area (Å²) in [6, 6.07) is 10.6. The van der Waals surface area contributed by atoms with E-state index in [0.29, 0.717) is 18.6 Å². The molecular weight excluding hydrogens is 376 g/mol. The second-order valence-electron chi connectivity index (χ2n) is 6.56. The molecule has 1 aliphatic rings. The molecule has 0 saturated heterocycles. The van der Waals surface area contributed by atoms with Gasteiger partial charge in [0.25, 0.3) is 17.7 Å². The highest BCUT2D eigenvalue weighted by Gasteiger charge is 2.35. The number of nitrogens with one attached hydrogen (secondary N) is 1. The number of ether oxygens (including phenoxy) is 1. The average molecular weight is 396 g/mol. The fraction of sp³-hybridized carbons (Fsp3) is 0.238. The van der Waals surface area contributed by atoms with Gasteiger partial charge in [-0.15, -0.1) is 0 Å². The van der Waals surface area contributed by atoms with Crippen LogP contribution in [0.3, 0.4) is 0 Å². The number of rotatable bonds is 8. The maximum Gasteiger partial charge on any atom is 0.335 e. The van der Waals surface area contributed by atoms with E-state index in [-0.39, 0.29) is 41.3 Å². The van der Waals surface area contributed by atoms with Crippen LogP contribution in [-0.4, -0.2) is 54.0 Å². The molecule has 0 unspecified atom stereocenters. The van der Waals surface area contributed by atoms with Crippen LogP contribution in [0, 0.1) is 0 Å². The van der Waals surface area contributed by atoms with Crippen LogP contribution in [-0.2, 0) is 11.3 Å². The van der Waals surface area contributed by atoms with Crippen LogP contribution in [0.2, 0.25) is 0 Å². The number of hydrogen-bond acceptors (Lipinski definition) is 5. The van der Waals surface area contributed by atoms with Crippen molar-refractivity contribution in [3.05, 3.63) is 70.3 Å². The summed E-state index contributed by atoms with van der Waals surface area (Å²) in [5.74, 6) is -2.27. The molecule has 0 fully saturated rings. The predicted molar refractivity (Wildman–Crippen MR) is 103 cm³/mol. The number of aromatic carboxylic acids is 1. The van der Waals surface area contributed by atoms with Crippen LogP contribution >= 0.6 is 0 Å². The number of fused-ring (bicyclic) bond motifs is 1. The Bertz CT molecular complexity index is 985. The topological polar surface area (TPSA) is 113 Å². The van der Waals surface area contributed by atoms with E-state index >= 15 is 0 Å². The highest BCUT2D eigenvalue weighted by Crippen LogP contribution is 2.24. The Labute approximate surface area is 167 Å². The Morgan fingerprint density at radius 3 is 2.52 bits per heavy atom. The van der Waals surface area contributed by atoms with Gasteiger partial charge in [0, 0.05) is 32.4 Å². The van der Waals surface area contributed by atoms with Crippen LogP contribution in [0.15, 0.2) is 42.5 Å². The summed E-state index contributed by atoms with van der Waals surface area (Å²) in [6.07, 6.45) is 0.532. The number of hydrogen-bond donors (Lipinski definition) is 2. The van der Waals surface area contributed by atoms with Crippen molar-refractivity contribution in [2.24, 2.45) is 0 Å². The standard InChI is InChI=1S/C21H20N2O6/c1-29-9-3-8-23-19(25)16-7-6-14(11-17(16)20(23)26)18(24)22-12-13-4-2-5-15(10-13)21(27)28/h2,4-7,10-11H,3,8-9,12H2,1H3,(H,22,24)(H,27,28). The normalized spacial score (nSPS) is 12.8. The van der Waals surface area contributed by atoms with Gasteiger partial charge in [-0.1, -0.05) is 12.1 Å². The summed E-state index contributed by atoms with van der Waals surface area (Å²) < 4.78 is 4.95. The van der Waals surface area contributed by atoms with Crippen LogP contribution in [0.4, 0.5) is 0 Å². The van der Waals surface area contributed by atoms with E-state index in [9.17, 15) is 19.2 Å². The lowest BCUT2D eigenvalue weighted by molar-refractivity contribution is 0.0635. The van der Waals surface area contributed by atoms with E-state index in [0.717, 1.165) is 4.90 Å². The SMILES string of the molecule is COCCCN1C(=O)c2ccc(C(=O)NCc3cccc(C(=O)O)c3)cc2C1=O. The van der Waals surface area contributed by atoms with Crippen molar-refractivity contribution in [3.8, 4) is 0 Å². The molecule has 1 aliphatic heterocycles. The zero-order valence-electron chi connectivity index (χ0n) is 15.8.